The molecule has 1 aromatic rings. The molecule has 0 spiro atoms. The van der Waals surface area contributed by atoms with Crippen molar-refractivity contribution in [2.24, 2.45) is 21.5 Å². The third kappa shape index (κ3) is 2.74. The maximum Gasteiger partial charge on any atom is 0.270 e. The molecule has 1 aromatic carbocycles. The van der Waals surface area contributed by atoms with Crippen molar-refractivity contribution in [1.82, 2.24) is 0 Å². The number of non-ortho nitro benzene ring substituents is 1. The molecule has 2 unspecified atom stereocenters. The van der Waals surface area contributed by atoms with E-state index in [1.54, 1.807) is 22.1 Å². The Morgan fingerprint density at radius 2 is 2.00 bits per heavy atom. The standard InChI is InChI=1S/C17H21N5O2/c1-17-11-20-5-6-21(12-17)10-14(9-20)16(17)19-18-8-13-3-2-4-15(7-13)22(23)24/h2-4,7-8,14H,5-6,9-12H2,1H3/p+2. The predicted molar refractivity (Wildman–Crippen MR) is 90.8 cm³/mol. The third-order valence-corrected chi connectivity index (χ3v) is 5.64. The maximum atomic E-state index is 10.8. The second kappa shape index (κ2) is 5.75. The highest BCUT2D eigenvalue weighted by atomic mass is 16.6. The van der Waals surface area contributed by atoms with Crippen LogP contribution >= 0.6 is 0 Å². The lowest BCUT2D eigenvalue weighted by Crippen LogP contribution is -3.16. The summed E-state index contributed by atoms with van der Waals surface area (Å²) in [6.45, 7) is 9.51. The molecule has 0 saturated carbocycles. The van der Waals surface area contributed by atoms with Crippen LogP contribution < -0.4 is 9.80 Å². The first-order chi connectivity index (χ1) is 11.5. The van der Waals surface area contributed by atoms with Crippen LogP contribution in [0.1, 0.15) is 12.5 Å². The van der Waals surface area contributed by atoms with Crippen molar-refractivity contribution in [3.05, 3.63) is 39.9 Å². The molecule has 4 heterocycles. The first-order valence-corrected chi connectivity index (χ1v) is 8.56. The van der Waals surface area contributed by atoms with E-state index in [2.05, 4.69) is 17.1 Å². The monoisotopic (exact) mass is 329 g/mol. The van der Waals surface area contributed by atoms with Crippen molar-refractivity contribution in [2.75, 3.05) is 39.3 Å². The minimum absolute atomic E-state index is 0.0810. The maximum absolute atomic E-state index is 10.8. The van der Waals surface area contributed by atoms with Crippen LogP contribution in [0.15, 0.2) is 34.5 Å². The minimum atomic E-state index is -0.389. The molecule has 0 aromatic heterocycles. The highest BCUT2D eigenvalue weighted by Gasteiger charge is 2.54. The minimum Gasteiger partial charge on any atom is -0.329 e. The van der Waals surface area contributed by atoms with E-state index in [0.29, 0.717) is 11.5 Å². The molecule has 0 amide bonds. The number of nitrogens with zero attached hydrogens (tertiary/aromatic N) is 3. The number of nitrogens with one attached hydrogen (secondary N) is 2. The Morgan fingerprint density at radius 3 is 2.62 bits per heavy atom. The molecule has 126 valence electrons. The Labute approximate surface area is 140 Å². The molecule has 0 radical (unpaired) electrons. The van der Waals surface area contributed by atoms with E-state index >= 15 is 0 Å². The van der Waals surface area contributed by atoms with Gasteiger partial charge in [0.15, 0.2) is 0 Å². The molecule has 24 heavy (non-hydrogen) atoms. The Balaban J connectivity index is 1.58. The van der Waals surface area contributed by atoms with Gasteiger partial charge in [-0.15, -0.1) is 0 Å². The Bertz CT molecular complexity index is 713. The predicted octanol–water partition coefficient (Wildman–Crippen LogP) is -1.20. The molecule has 0 aliphatic carbocycles. The summed E-state index contributed by atoms with van der Waals surface area (Å²) in [4.78, 5) is 13.9. The van der Waals surface area contributed by atoms with Gasteiger partial charge in [0.2, 0.25) is 0 Å². The van der Waals surface area contributed by atoms with E-state index in [0.717, 1.165) is 13.1 Å². The number of nitro benzene ring substituents is 1. The van der Waals surface area contributed by atoms with Gasteiger partial charge in [-0.2, -0.15) is 10.2 Å². The molecule has 4 aliphatic rings. The van der Waals surface area contributed by atoms with E-state index in [-0.39, 0.29) is 16.0 Å². The zero-order chi connectivity index (χ0) is 16.7. The van der Waals surface area contributed by atoms with Crippen LogP contribution in [-0.4, -0.2) is 56.1 Å². The van der Waals surface area contributed by atoms with Crippen molar-refractivity contribution in [1.29, 1.82) is 0 Å². The molecule has 4 fully saturated rings. The fourth-order valence-corrected chi connectivity index (χ4v) is 4.76. The first kappa shape index (κ1) is 15.4. The highest BCUT2D eigenvalue weighted by Crippen LogP contribution is 2.26. The van der Waals surface area contributed by atoms with E-state index in [9.17, 15) is 10.1 Å². The molecule has 7 heteroatoms. The molecule has 2 N–H and O–H groups in total. The number of nitro groups is 1. The number of hydrogen-bond acceptors (Lipinski definition) is 4. The topological polar surface area (TPSA) is 76.7 Å². The fourth-order valence-electron chi connectivity index (χ4n) is 4.76. The highest BCUT2D eigenvalue weighted by molar-refractivity contribution is 5.94. The van der Waals surface area contributed by atoms with Crippen LogP contribution in [0.4, 0.5) is 5.69 Å². The quantitative estimate of drug-likeness (QED) is 0.415. The second-order valence-corrected chi connectivity index (χ2v) is 7.60. The van der Waals surface area contributed by atoms with Gasteiger partial charge in [-0.05, 0) is 6.92 Å². The summed E-state index contributed by atoms with van der Waals surface area (Å²) in [5, 5.41) is 19.7. The summed E-state index contributed by atoms with van der Waals surface area (Å²) in [5.41, 5.74) is 2.17. The van der Waals surface area contributed by atoms with Crippen LogP contribution in [0.5, 0.6) is 0 Å². The molecule has 4 aliphatic heterocycles. The lowest BCUT2D eigenvalue weighted by molar-refractivity contribution is -0.918. The van der Waals surface area contributed by atoms with E-state index in [1.807, 2.05) is 6.07 Å². The van der Waals surface area contributed by atoms with Gasteiger partial charge >= 0.3 is 0 Å². The summed E-state index contributed by atoms with van der Waals surface area (Å²) >= 11 is 0. The van der Waals surface area contributed by atoms with Crippen molar-refractivity contribution < 1.29 is 14.7 Å². The smallest absolute Gasteiger partial charge is 0.270 e. The van der Waals surface area contributed by atoms with E-state index in [4.69, 9.17) is 0 Å². The third-order valence-electron chi connectivity index (χ3n) is 5.64. The van der Waals surface area contributed by atoms with Crippen molar-refractivity contribution >= 4 is 17.6 Å². The van der Waals surface area contributed by atoms with Gasteiger partial charge in [-0.3, -0.25) is 10.1 Å². The molecule has 7 nitrogen and oxygen atoms in total. The van der Waals surface area contributed by atoms with Crippen LogP contribution in [0, 0.1) is 21.4 Å². The lowest BCUT2D eigenvalue weighted by atomic mass is 9.72. The fraction of sp³-hybridized carbons (Fsp3) is 0.529. The van der Waals surface area contributed by atoms with Gasteiger partial charge in [0.05, 0.1) is 48.9 Å². The van der Waals surface area contributed by atoms with E-state index < -0.39 is 0 Å². The number of piperidine rings is 2. The van der Waals surface area contributed by atoms with Crippen molar-refractivity contribution in [3.63, 3.8) is 0 Å². The van der Waals surface area contributed by atoms with Crippen LogP contribution in [0.2, 0.25) is 0 Å². The largest absolute Gasteiger partial charge is 0.329 e. The second-order valence-electron chi connectivity index (χ2n) is 7.60. The molecule has 2 atom stereocenters. The Kier molecular flexibility index (Phi) is 3.69. The van der Waals surface area contributed by atoms with Crippen LogP contribution in [0.3, 0.4) is 0 Å². The zero-order valence-electron chi connectivity index (χ0n) is 13.9. The molecule has 4 bridgehead atoms. The summed E-state index contributed by atoms with van der Waals surface area (Å²) in [7, 11) is 0. The molecular weight excluding hydrogens is 306 g/mol. The van der Waals surface area contributed by atoms with Crippen molar-refractivity contribution in [3.8, 4) is 0 Å². The normalized spacial score (nSPS) is 36.4. The Morgan fingerprint density at radius 1 is 1.29 bits per heavy atom. The molecular formula is C17H23N5O2+2. The zero-order valence-corrected chi connectivity index (χ0v) is 13.9. The summed E-state index contributed by atoms with van der Waals surface area (Å²) in [5.74, 6) is 0.521. The number of hydrogen-bond donors (Lipinski definition) is 2. The van der Waals surface area contributed by atoms with Gasteiger partial charge in [-0.25, -0.2) is 0 Å². The SMILES string of the molecule is CC12C[NH+]3CC[NH+](CC(C3)C1=NN=Cc1cccc([N+](=O)[O-])c1)C2. The van der Waals surface area contributed by atoms with Gasteiger partial charge in [0, 0.05) is 17.7 Å². The molecule has 4 saturated heterocycles. The van der Waals surface area contributed by atoms with Gasteiger partial charge in [0.1, 0.15) is 18.5 Å². The van der Waals surface area contributed by atoms with Gasteiger partial charge in [-0.1, -0.05) is 12.1 Å². The van der Waals surface area contributed by atoms with Gasteiger partial charge in [0.25, 0.3) is 5.69 Å². The van der Waals surface area contributed by atoms with Gasteiger partial charge < -0.3 is 9.80 Å². The summed E-state index contributed by atoms with van der Waals surface area (Å²) in [6, 6.07) is 6.50. The van der Waals surface area contributed by atoms with Crippen LogP contribution in [-0.2, 0) is 0 Å². The average Bonchev–Trinajstić information content (AvgIpc) is 2.77. The summed E-state index contributed by atoms with van der Waals surface area (Å²) in [6.07, 6.45) is 1.63. The number of rotatable bonds is 3. The van der Waals surface area contributed by atoms with E-state index in [1.165, 1.54) is 44.0 Å². The number of benzene rings is 1. The van der Waals surface area contributed by atoms with Crippen molar-refractivity contribution in [2.45, 2.75) is 6.92 Å². The lowest BCUT2D eigenvalue weighted by Gasteiger charge is -2.43. The number of quaternary nitrogens is 2. The molecule has 5 rings (SSSR count). The first-order valence-electron chi connectivity index (χ1n) is 8.56. The Hall–Kier alpha value is -2.12. The average molecular weight is 329 g/mol. The number of fused-ring (bicyclic) bond motifs is 1. The summed E-state index contributed by atoms with van der Waals surface area (Å²) < 4.78 is 0. The van der Waals surface area contributed by atoms with Crippen LogP contribution in [0.25, 0.3) is 0 Å².